The van der Waals surface area contributed by atoms with E-state index >= 15 is 0 Å². The van der Waals surface area contributed by atoms with E-state index in [0.29, 0.717) is 4.88 Å². The number of thiazole rings is 1. The summed E-state index contributed by atoms with van der Waals surface area (Å²) in [5.74, 6) is -0.444. The molecule has 1 aliphatic rings. The molecule has 8 heteroatoms. The van der Waals surface area contributed by atoms with Crippen LogP contribution in [0.2, 0.25) is 5.15 Å². The molecule has 0 bridgehead atoms. The van der Waals surface area contributed by atoms with E-state index in [9.17, 15) is 4.79 Å². The van der Waals surface area contributed by atoms with Crippen molar-refractivity contribution < 1.29 is 9.53 Å². The fourth-order valence-corrected chi connectivity index (χ4v) is 3.86. The van der Waals surface area contributed by atoms with Gasteiger partial charge in [-0.25, -0.2) is 9.78 Å². The summed E-state index contributed by atoms with van der Waals surface area (Å²) < 4.78 is 6.52. The van der Waals surface area contributed by atoms with E-state index in [1.54, 1.807) is 4.68 Å². The predicted octanol–water partition coefficient (Wildman–Crippen LogP) is 2.66. The Morgan fingerprint density at radius 2 is 2.38 bits per heavy atom. The average Bonchev–Trinajstić information content (AvgIpc) is 3.16. The highest BCUT2D eigenvalue weighted by atomic mass is 35.5. The maximum Gasteiger partial charge on any atom is 0.351 e. The molecule has 2 aromatic rings. The van der Waals surface area contributed by atoms with Gasteiger partial charge in [-0.2, -0.15) is 5.10 Å². The molecule has 1 fully saturated rings. The van der Waals surface area contributed by atoms with Crippen molar-refractivity contribution in [2.24, 2.45) is 7.05 Å². The SMILES string of the molecule is COC(=O)c1sc(N2CCCC2c2cnn(C)c2)nc1Cl. The predicted molar refractivity (Wildman–Crippen MR) is 81.0 cm³/mol. The summed E-state index contributed by atoms with van der Waals surface area (Å²) in [5, 5.41) is 5.19. The van der Waals surface area contributed by atoms with Crippen molar-refractivity contribution in [2.45, 2.75) is 18.9 Å². The Bertz CT molecular complexity index is 669. The minimum absolute atomic E-state index is 0.207. The van der Waals surface area contributed by atoms with Gasteiger partial charge in [0.15, 0.2) is 15.2 Å². The number of halogens is 1. The average molecular weight is 327 g/mol. The van der Waals surface area contributed by atoms with Gasteiger partial charge >= 0.3 is 5.97 Å². The molecule has 0 aliphatic carbocycles. The number of aromatic nitrogens is 3. The van der Waals surface area contributed by atoms with Crippen molar-refractivity contribution in [3.63, 3.8) is 0 Å². The summed E-state index contributed by atoms with van der Waals surface area (Å²) in [6.07, 6.45) is 6.00. The highest BCUT2D eigenvalue weighted by Gasteiger charge is 2.31. The molecule has 6 nitrogen and oxygen atoms in total. The number of methoxy groups -OCH3 is 1. The van der Waals surface area contributed by atoms with Gasteiger partial charge in [-0.3, -0.25) is 4.68 Å². The zero-order chi connectivity index (χ0) is 15.0. The monoisotopic (exact) mass is 326 g/mol. The number of esters is 1. The Morgan fingerprint density at radius 1 is 1.57 bits per heavy atom. The maximum absolute atomic E-state index is 11.6. The van der Waals surface area contributed by atoms with Gasteiger partial charge in [-0.1, -0.05) is 22.9 Å². The van der Waals surface area contributed by atoms with E-state index in [-0.39, 0.29) is 11.2 Å². The van der Waals surface area contributed by atoms with Gasteiger partial charge in [0.2, 0.25) is 0 Å². The summed E-state index contributed by atoms with van der Waals surface area (Å²) in [7, 11) is 3.24. The lowest BCUT2D eigenvalue weighted by molar-refractivity contribution is 0.0606. The van der Waals surface area contributed by atoms with Gasteiger partial charge in [0.05, 0.1) is 19.3 Å². The number of carbonyl (C=O) groups is 1. The Morgan fingerprint density at radius 3 is 3.05 bits per heavy atom. The fourth-order valence-electron chi connectivity index (χ4n) is 2.59. The Balaban J connectivity index is 1.90. The summed E-state index contributed by atoms with van der Waals surface area (Å²) in [4.78, 5) is 18.5. The summed E-state index contributed by atoms with van der Waals surface area (Å²) >= 11 is 7.33. The molecule has 2 aromatic heterocycles. The van der Waals surface area contributed by atoms with Crippen LogP contribution in [-0.2, 0) is 11.8 Å². The highest BCUT2D eigenvalue weighted by molar-refractivity contribution is 7.18. The quantitative estimate of drug-likeness (QED) is 0.811. The first-order chi connectivity index (χ1) is 10.1. The fraction of sp³-hybridized carbons (Fsp3) is 0.462. The molecule has 3 rings (SSSR count). The van der Waals surface area contributed by atoms with Crippen LogP contribution in [-0.4, -0.2) is 34.4 Å². The molecule has 0 spiro atoms. The first kappa shape index (κ1) is 14.3. The zero-order valence-corrected chi connectivity index (χ0v) is 13.3. The van der Waals surface area contributed by atoms with E-state index in [0.717, 1.165) is 30.1 Å². The van der Waals surface area contributed by atoms with Crippen LogP contribution in [0.1, 0.15) is 34.1 Å². The van der Waals surface area contributed by atoms with Crippen LogP contribution in [0.15, 0.2) is 12.4 Å². The van der Waals surface area contributed by atoms with Crippen molar-refractivity contribution in [1.29, 1.82) is 0 Å². The molecular formula is C13H15ClN4O2S. The number of anilines is 1. The van der Waals surface area contributed by atoms with Gasteiger partial charge in [0, 0.05) is 25.4 Å². The Hall–Kier alpha value is -1.60. The standard InChI is InChI=1S/C13H15ClN4O2S/c1-17-7-8(6-15-17)9-4-3-5-18(9)13-16-11(14)10(21-13)12(19)20-2/h6-7,9H,3-5H2,1-2H3. The zero-order valence-electron chi connectivity index (χ0n) is 11.7. The first-order valence-electron chi connectivity index (χ1n) is 6.60. The number of hydrogen-bond acceptors (Lipinski definition) is 6. The van der Waals surface area contributed by atoms with E-state index in [2.05, 4.69) is 15.0 Å². The molecular weight excluding hydrogens is 312 g/mol. The number of carbonyl (C=O) groups excluding carboxylic acids is 1. The van der Waals surface area contributed by atoms with E-state index < -0.39 is 5.97 Å². The Labute approximate surface area is 131 Å². The van der Waals surface area contributed by atoms with Crippen molar-refractivity contribution in [1.82, 2.24) is 14.8 Å². The van der Waals surface area contributed by atoms with Crippen LogP contribution in [0.4, 0.5) is 5.13 Å². The normalized spacial score (nSPS) is 18.2. The molecule has 0 aromatic carbocycles. The van der Waals surface area contributed by atoms with Crippen LogP contribution in [0.5, 0.6) is 0 Å². The lowest BCUT2D eigenvalue weighted by Gasteiger charge is -2.22. The maximum atomic E-state index is 11.6. The molecule has 1 atom stereocenters. The van der Waals surface area contributed by atoms with Gasteiger partial charge in [-0.15, -0.1) is 0 Å². The van der Waals surface area contributed by atoms with Crippen molar-refractivity contribution >= 4 is 34.0 Å². The molecule has 1 aliphatic heterocycles. The van der Waals surface area contributed by atoms with Gasteiger partial charge in [0.25, 0.3) is 0 Å². The van der Waals surface area contributed by atoms with Gasteiger partial charge in [-0.05, 0) is 12.8 Å². The van der Waals surface area contributed by atoms with Crippen LogP contribution < -0.4 is 4.90 Å². The van der Waals surface area contributed by atoms with E-state index in [1.165, 1.54) is 18.4 Å². The largest absolute Gasteiger partial charge is 0.465 e. The second-order valence-electron chi connectivity index (χ2n) is 4.91. The lowest BCUT2D eigenvalue weighted by atomic mass is 10.1. The van der Waals surface area contributed by atoms with E-state index in [4.69, 9.17) is 16.3 Å². The topological polar surface area (TPSA) is 60.2 Å². The number of nitrogens with zero attached hydrogens (tertiary/aromatic N) is 4. The highest BCUT2D eigenvalue weighted by Crippen LogP contribution is 2.39. The number of hydrogen-bond donors (Lipinski definition) is 0. The second-order valence-corrected chi connectivity index (χ2v) is 6.24. The summed E-state index contributed by atoms with van der Waals surface area (Å²) in [5.41, 5.74) is 1.15. The second kappa shape index (κ2) is 5.65. The molecule has 0 radical (unpaired) electrons. The van der Waals surface area contributed by atoms with Gasteiger partial charge in [0.1, 0.15) is 0 Å². The van der Waals surface area contributed by atoms with Crippen LogP contribution in [0, 0.1) is 0 Å². The number of ether oxygens (including phenoxy) is 1. The smallest absolute Gasteiger partial charge is 0.351 e. The number of rotatable bonds is 3. The molecule has 1 unspecified atom stereocenters. The van der Waals surface area contributed by atoms with Crippen LogP contribution in [0.25, 0.3) is 0 Å². The third kappa shape index (κ3) is 2.63. The van der Waals surface area contributed by atoms with Crippen molar-refractivity contribution in [3.05, 3.63) is 28.0 Å². The molecule has 21 heavy (non-hydrogen) atoms. The van der Waals surface area contributed by atoms with Crippen LogP contribution >= 0.6 is 22.9 Å². The summed E-state index contributed by atoms with van der Waals surface area (Å²) in [6, 6.07) is 0.228. The lowest BCUT2D eigenvalue weighted by Crippen LogP contribution is -2.21. The minimum atomic E-state index is -0.444. The molecule has 0 N–H and O–H groups in total. The molecule has 0 saturated carbocycles. The third-order valence-electron chi connectivity index (χ3n) is 3.55. The summed E-state index contributed by atoms with van der Waals surface area (Å²) in [6.45, 7) is 0.893. The third-order valence-corrected chi connectivity index (χ3v) is 5.01. The molecule has 112 valence electrons. The van der Waals surface area contributed by atoms with Crippen molar-refractivity contribution in [2.75, 3.05) is 18.6 Å². The molecule has 0 amide bonds. The van der Waals surface area contributed by atoms with Crippen LogP contribution in [0.3, 0.4) is 0 Å². The molecule has 1 saturated heterocycles. The Kier molecular flexibility index (Phi) is 3.86. The first-order valence-corrected chi connectivity index (χ1v) is 7.79. The number of aryl methyl sites for hydroxylation is 1. The van der Waals surface area contributed by atoms with Gasteiger partial charge < -0.3 is 9.64 Å². The van der Waals surface area contributed by atoms with Crippen molar-refractivity contribution in [3.8, 4) is 0 Å². The minimum Gasteiger partial charge on any atom is -0.465 e. The van der Waals surface area contributed by atoms with E-state index in [1.807, 2.05) is 19.4 Å². The molecule has 3 heterocycles.